The van der Waals surface area contributed by atoms with Gasteiger partial charge in [-0.25, -0.2) is 0 Å². The molecule has 0 bridgehead atoms. The van der Waals surface area contributed by atoms with Gasteiger partial charge in [-0.05, 0) is 0 Å². The Morgan fingerprint density at radius 1 is 1.15 bits per heavy atom. The lowest BCUT2D eigenvalue weighted by molar-refractivity contribution is 0.145. The molecule has 0 aliphatic carbocycles. The van der Waals surface area contributed by atoms with Gasteiger partial charge in [0.15, 0.2) is 0 Å². The van der Waals surface area contributed by atoms with Crippen LogP contribution in [0.1, 0.15) is 0 Å². The minimum absolute atomic E-state index is 1.10. The molecule has 0 spiro atoms. The Bertz CT molecular complexity index is 256. The van der Waals surface area contributed by atoms with E-state index in [0.29, 0.717) is 0 Å². The van der Waals surface area contributed by atoms with Gasteiger partial charge in [-0.3, -0.25) is 9.13 Å². The standard InChI is InChI=1S/C2H6ClIO7P2/c3-1(4)2(5,12(6,7)8)13(9,10)11/h1,5H,(H2,6,7,8)(H2,9,10,11). The molecule has 0 aliphatic heterocycles. The smallest absolute Gasteiger partial charge is 0.366 e. The van der Waals surface area contributed by atoms with E-state index in [4.69, 9.17) is 36.3 Å². The Kier molecular flexibility index (Phi) is 4.43. The van der Waals surface area contributed by atoms with Crippen LogP contribution in [0.25, 0.3) is 0 Å². The minimum Gasteiger partial charge on any atom is -0.366 e. The summed E-state index contributed by atoms with van der Waals surface area (Å²) in [5, 5.41) is 5.56. The molecule has 7 nitrogen and oxygen atoms in total. The van der Waals surface area contributed by atoms with Crippen LogP contribution in [-0.4, -0.2) is 33.1 Å². The lowest BCUT2D eigenvalue weighted by Gasteiger charge is -2.30. The molecule has 0 aliphatic rings. The Morgan fingerprint density at radius 3 is 1.38 bits per heavy atom. The molecule has 0 saturated carbocycles. The largest absolute Gasteiger partial charge is 0.371 e. The van der Waals surface area contributed by atoms with E-state index in [1.54, 1.807) is 0 Å². The van der Waals surface area contributed by atoms with Gasteiger partial charge in [-0.1, -0.05) is 22.6 Å². The van der Waals surface area contributed by atoms with E-state index in [1.165, 1.54) is 0 Å². The highest BCUT2D eigenvalue weighted by Gasteiger charge is 2.63. The van der Waals surface area contributed by atoms with Gasteiger partial charge in [0, 0.05) is 0 Å². The monoisotopic (exact) mass is 366 g/mol. The molecule has 11 heteroatoms. The van der Waals surface area contributed by atoms with Crippen LogP contribution < -0.4 is 0 Å². The molecule has 0 rings (SSSR count). The summed E-state index contributed by atoms with van der Waals surface area (Å²) < 4.78 is 19.4. The number of aliphatic hydroxyl groups is 1. The summed E-state index contributed by atoms with van der Waals surface area (Å²) in [6.45, 7) is 0. The lowest BCUT2D eigenvalue weighted by atomic mass is 10.8. The van der Waals surface area contributed by atoms with Crippen LogP contribution in [0.2, 0.25) is 0 Å². The molecule has 80 valence electrons. The molecule has 1 unspecified atom stereocenters. The van der Waals surface area contributed by atoms with Crippen LogP contribution in [-0.2, 0) is 9.13 Å². The molecule has 0 aromatic carbocycles. The molecule has 13 heavy (non-hydrogen) atoms. The molecule has 0 amide bonds. The van der Waals surface area contributed by atoms with Crippen molar-refractivity contribution in [2.45, 2.75) is 8.47 Å². The van der Waals surface area contributed by atoms with Crippen LogP contribution in [0.4, 0.5) is 0 Å². The topological polar surface area (TPSA) is 135 Å². The zero-order chi connectivity index (χ0) is 11.1. The van der Waals surface area contributed by atoms with Crippen molar-refractivity contribution in [3.8, 4) is 0 Å². The fourth-order valence-corrected chi connectivity index (χ4v) is 5.23. The lowest BCUT2D eigenvalue weighted by Crippen LogP contribution is -2.35. The molecule has 0 aromatic heterocycles. The van der Waals surface area contributed by atoms with Gasteiger partial charge in [0.05, 0.1) is 0 Å². The van der Waals surface area contributed by atoms with Crippen LogP contribution in [0.5, 0.6) is 0 Å². The Morgan fingerprint density at radius 2 is 1.38 bits per heavy atom. The van der Waals surface area contributed by atoms with E-state index in [-0.39, 0.29) is 0 Å². The van der Waals surface area contributed by atoms with Crippen molar-refractivity contribution in [1.29, 1.82) is 0 Å². The Hall–Kier alpha value is 1.28. The zero-order valence-electron chi connectivity index (χ0n) is 5.78. The van der Waals surface area contributed by atoms with Crippen molar-refractivity contribution in [2.75, 3.05) is 0 Å². The van der Waals surface area contributed by atoms with Gasteiger partial charge in [-0.2, -0.15) is 0 Å². The van der Waals surface area contributed by atoms with Crippen LogP contribution >= 0.6 is 49.4 Å². The van der Waals surface area contributed by atoms with Crippen molar-refractivity contribution < 1.29 is 33.8 Å². The average Bonchev–Trinajstić information content (AvgIpc) is 1.80. The summed E-state index contributed by atoms with van der Waals surface area (Å²) >= 11 is 6.21. The van der Waals surface area contributed by atoms with Gasteiger partial charge in [0.25, 0.3) is 5.08 Å². The average molecular weight is 366 g/mol. The van der Waals surface area contributed by atoms with Gasteiger partial charge in [0.2, 0.25) is 0 Å². The maximum absolute atomic E-state index is 10.6. The van der Waals surface area contributed by atoms with Crippen molar-refractivity contribution in [2.24, 2.45) is 0 Å². The molecular weight excluding hydrogens is 360 g/mol. The molecule has 0 radical (unpaired) electrons. The second kappa shape index (κ2) is 4.03. The van der Waals surface area contributed by atoms with Crippen molar-refractivity contribution >= 4 is 49.4 Å². The van der Waals surface area contributed by atoms with E-state index < -0.39 is 23.7 Å². The fraction of sp³-hybridized carbons (Fsp3) is 1.00. The Balaban J connectivity index is 5.50. The summed E-state index contributed by atoms with van der Waals surface area (Å²) in [6, 6.07) is 0. The van der Waals surface area contributed by atoms with Gasteiger partial charge in [0.1, 0.15) is 3.38 Å². The summed E-state index contributed by atoms with van der Waals surface area (Å²) in [7, 11) is -10.8. The third kappa shape index (κ3) is 2.64. The molecule has 0 saturated heterocycles. The summed E-state index contributed by atoms with van der Waals surface area (Å²) in [4.78, 5) is 34.1. The summed E-state index contributed by atoms with van der Waals surface area (Å²) in [6.07, 6.45) is 0. The highest BCUT2D eigenvalue weighted by molar-refractivity contribution is 14.1. The van der Waals surface area contributed by atoms with E-state index >= 15 is 0 Å². The third-order valence-electron chi connectivity index (χ3n) is 1.15. The normalized spacial score (nSPS) is 17.2. The molecule has 0 heterocycles. The van der Waals surface area contributed by atoms with Crippen LogP contribution in [0.15, 0.2) is 0 Å². The van der Waals surface area contributed by atoms with E-state index in [1.807, 2.05) is 0 Å². The number of rotatable bonds is 3. The molecule has 5 N–H and O–H groups in total. The maximum Gasteiger partial charge on any atom is 0.371 e. The molecule has 0 fully saturated rings. The molecular formula is C2H6ClIO7P2. The molecule has 1 atom stereocenters. The number of hydrogen-bond acceptors (Lipinski definition) is 3. The van der Waals surface area contributed by atoms with Gasteiger partial charge in [-0.15, -0.1) is 11.6 Å². The minimum atomic E-state index is -5.41. The first-order valence-electron chi connectivity index (χ1n) is 2.56. The Labute approximate surface area is 91.6 Å². The quantitative estimate of drug-likeness (QED) is 0.269. The first-order valence-corrected chi connectivity index (χ1v) is 7.47. The van der Waals surface area contributed by atoms with Crippen molar-refractivity contribution in [3.63, 3.8) is 0 Å². The second-order valence-electron chi connectivity index (χ2n) is 2.08. The van der Waals surface area contributed by atoms with Gasteiger partial charge < -0.3 is 24.7 Å². The first kappa shape index (κ1) is 14.3. The van der Waals surface area contributed by atoms with Crippen molar-refractivity contribution in [1.82, 2.24) is 0 Å². The predicted molar refractivity (Wildman–Crippen MR) is 52.7 cm³/mol. The first-order chi connectivity index (χ1) is 5.44. The van der Waals surface area contributed by atoms with E-state index in [9.17, 15) is 9.13 Å². The van der Waals surface area contributed by atoms with Gasteiger partial charge >= 0.3 is 15.2 Å². The third-order valence-corrected chi connectivity index (χ3v) is 7.45. The van der Waals surface area contributed by atoms with Crippen molar-refractivity contribution in [3.05, 3.63) is 0 Å². The number of halogens is 2. The maximum atomic E-state index is 10.6. The second-order valence-corrected chi connectivity index (χ2v) is 8.39. The summed E-state index contributed by atoms with van der Waals surface area (Å²) in [5.41, 5.74) is 0. The van der Waals surface area contributed by atoms with Crippen LogP contribution in [0, 0.1) is 0 Å². The highest BCUT2D eigenvalue weighted by Crippen LogP contribution is 2.70. The SMILES string of the molecule is O=P(O)(O)C(O)(C(Cl)I)P(=O)(O)O. The zero-order valence-corrected chi connectivity index (χ0v) is 10.5. The number of hydrogen-bond donors (Lipinski definition) is 5. The molecule has 0 aromatic rings. The van der Waals surface area contributed by atoms with Crippen LogP contribution in [0.3, 0.4) is 0 Å². The summed E-state index contributed by atoms with van der Waals surface area (Å²) in [5.74, 6) is 0. The number of alkyl halides is 2. The fourth-order valence-electron chi connectivity index (χ4n) is 0.424. The van der Waals surface area contributed by atoms with E-state index in [0.717, 1.165) is 22.6 Å². The highest BCUT2D eigenvalue weighted by atomic mass is 127. The van der Waals surface area contributed by atoms with E-state index in [2.05, 4.69) is 0 Å². The predicted octanol–water partition coefficient (Wildman–Crippen LogP) is -0.0122.